The van der Waals surface area contributed by atoms with Crippen LogP contribution < -0.4 is 5.32 Å². The SMILES string of the molecule is CC[C@@H](CO)N1C(=O)[C@@H]2[C@H]3C(=O)N[C@H](c4ccccc4)COC(=O)CC/C=C\[C@H]3O[C@@]23C=CCN(Cc2ccccc2)C(=O)[C@@H]13. The zero-order valence-electron chi connectivity index (χ0n) is 25.3. The Morgan fingerprint density at radius 3 is 2.44 bits per heavy atom. The molecule has 0 bridgehead atoms. The number of hydrogen-bond acceptors (Lipinski definition) is 7. The maximum absolute atomic E-state index is 14.6. The molecule has 0 saturated carbocycles. The summed E-state index contributed by atoms with van der Waals surface area (Å²) in [6.45, 7) is 2.09. The zero-order chi connectivity index (χ0) is 31.6. The van der Waals surface area contributed by atoms with Gasteiger partial charge >= 0.3 is 5.97 Å². The summed E-state index contributed by atoms with van der Waals surface area (Å²) in [7, 11) is 0. The molecule has 2 N–H and O–H groups in total. The van der Waals surface area contributed by atoms with Crippen molar-refractivity contribution in [3.8, 4) is 0 Å². The Labute approximate surface area is 262 Å². The topological polar surface area (TPSA) is 125 Å². The number of allylic oxidation sites excluding steroid dienone is 1. The fourth-order valence-electron chi connectivity index (χ4n) is 7.18. The average molecular weight is 614 g/mol. The monoisotopic (exact) mass is 613 g/mol. The van der Waals surface area contributed by atoms with E-state index in [4.69, 9.17) is 9.47 Å². The minimum Gasteiger partial charge on any atom is -0.463 e. The Morgan fingerprint density at radius 2 is 1.73 bits per heavy atom. The molecule has 3 amide bonds. The molecule has 2 aromatic rings. The fourth-order valence-corrected chi connectivity index (χ4v) is 7.18. The highest BCUT2D eigenvalue weighted by Gasteiger charge is 2.72. The predicted octanol–water partition coefficient (Wildman–Crippen LogP) is 2.69. The van der Waals surface area contributed by atoms with Gasteiger partial charge in [0.05, 0.1) is 36.6 Å². The van der Waals surface area contributed by atoms with E-state index in [1.54, 1.807) is 23.1 Å². The van der Waals surface area contributed by atoms with Gasteiger partial charge in [-0.3, -0.25) is 19.2 Å². The number of hydrogen-bond donors (Lipinski definition) is 2. The zero-order valence-corrected chi connectivity index (χ0v) is 25.3. The van der Waals surface area contributed by atoms with Crippen LogP contribution in [0.5, 0.6) is 0 Å². The summed E-state index contributed by atoms with van der Waals surface area (Å²) in [5, 5.41) is 13.4. The third-order valence-electron chi connectivity index (χ3n) is 9.38. The maximum atomic E-state index is 14.6. The number of aliphatic hydroxyl groups excluding tert-OH is 1. The van der Waals surface area contributed by atoms with Crippen LogP contribution in [-0.2, 0) is 35.2 Å². The van der Waals surface area contributed by atoms with E-state index in [0.717, 1.165) is 11.1 Å². The summed E-state index contributed by atoms with van der Waals surface area (Å²) in [5.74, 6) is -3.51. The number of amides is 3. The number of aliphatic hydroxyl groups is 1. The first-order chi connectivity index (χ1) is 21.9. The first kappa shape index (κ1) is 30.7. The second kappa shape index (κ2) is 13.0. The Morgan fingerprint density at radius 1 is 1.00 bits per heavy atom. The van der Waals surface area contributed by atoms with Crippen molar-refractivity contribution in [3.63, 3.8) is 0 Å². The van der Waals surface area contributed by atoms with Crippen molar-refractivity contribution in [2.45, 2.75) is 62.6 Å². The van der Waals surface area contributed by atoms with E-state index in [1.807, 2.05) is 73.7 Å². The quantitative estimate of drug-likeness (QED) is 0.379. The molecule has 10 heteroatoms. The standard InChI is InChI=1S/C35H39N3O7/c1-2-25(21-39)38-31-34(43)37(20-23-12-5-3-6-13-23)19-11-18-35(31)30(33(38)42)29-27(45-35)16-9-10-17-28(40)44-22-26(36-32(29)41)24-14-7-4-8-15-24/h3-9,11-16,18,25-27,29-31,39H,2,10,17,19-22H2,1H3,(H,36,41)/b16-9-/t25-,26-,27+,29-,30-,31+,35-/m0/s1. The number of benzene rings is 2. The summed E-state index contributed by atoms with van der Waals surface area (Å²) in [6, 6.07) is 16.5. The smallest absolute Gasteiger partial charge is 0.306 e. The van der Waals surface area contributed by atoms with Gasteiger partial charge in [-0.25, -0.2) is 0 Å². The van der Waals surface area contributed by atoms with Crippen LogP contribution in [0.2, 0.25) is 0 Å². The molecule has 4 aliphatic heterocycles. The minimum atomic E-state index is -1.44. The summed E-state index contributed by atoms with van der Waals surface area (Å²) in [6.07, 6.45) is 7.24. The number of nitrogens with one attached hydrogen (secondary N) is 1. The number of likely N-dealkylation sites (tertiary alicyclic amines) is 1. The maximum Gasteiger partial charge on any atom is 0.306 e. The predicted molar refractivity (Wildman–Crippen MR) is 164 cm³/mol. The number of nitrogens with zero attached hydrogens (tertiary/aromatic N) is 2. The first-order valence-electron chi connectivity index (χ1n) is 15.7. The molecular formula is C35H39N3O7. The number of fused-ring (bicyclic) bond motifs is 2. The van der Waals surface area contributed by atoms with Gasteiger partial charge in [-0.1, -0.05) is 91.9 Å². The lowest BCUT2D eigenvalue weighted by molar-refractivity contribution is -0.151. The summed E-state index contributed by atoms with van der Waals surface area (Å²) in [5.41, 5.74) is 0.256. The van der Waals surface area contributed by atoms with Crippen LogP contribution in [0.1, 0.15) is 43.4 Å². The van der Waals surface area contributed by atoms with Gasteiger partial charge in [0.1, 0.15) is 18.2 Å². The Balaban J connectivity index is 1.42. The lowest BCUT2D eigenvalue weighted by Gasteiger charge is -2.38. The molecule has 6 rings (SSSR count). The van der Waals surface area contributed by atoms with E-state index in [9.17, 15) is 24.3 Å². The molecule has 0 unspecified atom stereocenters. The van der Waals surface area contributed by atoms with Gasteiger partial charge in [0.15, 0.2) is 0 Å². The normalized spacial score (nSPS) is 31.5. The van der Waals surface area contributed by atoms with Crippen molar-refractivity contribution < 1.29 is 33.8 Å². The minimum absolute atomic E-state index is 0.0652. The van der Waals surface area contributed by atoms with Gasteiger partial charge in [-0.15, -0.1) is 0 Å². The molecule has 2 aromatic carbocycles. The Hall–Kier alpha value is -4.28. The van der Waals surface area contributed by atoms with Crippen LogP contribution in [0.3, 0.4) is 0 Å². The largest absolute Gasteiger partial charge is 0.463 e. The average Bonchev–Trinajstić information content (AvgIpc) is 3.45. The van der Waals surface area contributed by atoms with E-state index >= 15 is 0 Å². The van der Waals surface area contributed by atoms with Crippen LogP contribution >= 0.6 is 0 Å². The third kappa shape index (κ3) is 5.68. The molecule has 1 spiro atoms. The lowest BCUT2D eigenvalue weighted by atomic mass is 9.77. The molecule has 2 saturated heterocycles. The fraction of sp³-hybridized carbons (Fsp3) is 0.429. The highest BCUT2D eigenvalue weighted by molar-refractivity contribution is 6.00. The van der Waals surface area contributed by atoms with E-state index in [1.165, 1.54) is 4.90 Å². The molecule has 7 atom stereocenters. The van der Waals surface area contributed by atoms with Crippen molar-refractivity contribution in [1.29, 1.82) is 0 Å². The van der Waals surface area contributed by atoms with Crippen molar-refractivity contribution >= 4 is 23.7 Å². The number of rotatable bonds is 6. The van der Waals surface area contributed by atoms with Crippen LogP contribution in [-0.4, -0.2) is 82.1 Å². The Bertz CT molecular complexity index is 1470. The van der Waals surface area contributed by atoms with E-state index in [-0.39, 0.29) is 31.5 Å². The second-order valence-electron chi connectivity index (χ2n) is 12.1. The molecular weight excluding hydrogens is 574 g/mol. The number of carbonyl (C=O) groups excluding carboxylic acids is 4. The van der Waals surface area contributed by atoms with Gasteiger partial charge in [0.2, 0.25) is 17.7 Å². The van der Waals surface area contributed by atoms with Gasteiger partial charge in [-0.05, 0) is 24.0 Å². The second-order valence-corrected chi connectivity index (χ2v) is 12.1. The van der Waals surface area contributed by atoms with Gasteiger partial charge in [0.25, 0.3) is 0 Å². The van der Waals surface area contributed by atoms with Gasteiger partial charge in [-0.2, -0.15) is 0 Å². The molecule has 236 valence electrons. The van der Waals surface area contributed by atoms with Crippen LogP contribution in [0.15, 0.2) is 85.0 Å². The number of esters is 1. The Kier molecular flexibility index (Phi) is 8.87. The van der Waals surface area contributed by atoms with E-state index < -0.39 is 53.5 Å². The summed E-state index contributed by atoms with van der Waals surface area (Å²) < 4.78 is 12.3. The molecule has 45 heavy (non-hydrogen) atoms. The van der Waals surface area contributed by atoms with Crippen molar-refractivity contribution in [3.05, 3.63) is 96.1 Å². The highest BCUT2D eigenvalue weighted by atomic mass is 16.5. The number of cyclic esters (lactones) is 1. The number of carbonyl (C=O) groups is 4. The molecule has 0 aliphatic carbocycles. The van der Waals surface area contributed by atoms with Crippen molar-refractivity contribution in [1.82, 2.24) is 15.1 Å². The number of ether oxygens (including phenoxy) is 2. The van der Waals surface area contributed by atoms with Gasteiger partial charge in [0, 0.05) is 19.5 Å². The van der Waals surface area contributed by atoms with Crippen molar-refractivity contribution in [2.75, 3.05) is 19.8 Å². The third-order valence-corrected chi connectivity index (χ3v) is 9.38. The van der Waals surface area contributed by atoms with E-state index in [2.05, 4.69) is 5.32 Å². The van der Waals surface area contributed by atoms with Crippen LogP contribution in [0, 0.1) is 11.8 Å². The van der Waals surface area contributed by atoms with Crippen LogP contribution in [0.4, 0.5) is 0 Å². The first-order valence-corrected chi connectivity index (χ1v) is 15.7. The van der Waals surface area contributed by atoms with Crippen LogP contribution in [0.25, 0.3) is 0 Å². The lowest BCUT2D eigenvalue weighted by Crippen LogP contribution is -2.57. The summed E-state index contributed by atoms with van der Waals surface area (Å²) >= 11 is 0. The van der Waals surface area contributed by atoms with Gasteiger partial charge < -0.3 is 29.7 Å². The molecule has 0 aromatic heterocycles. The van der Waals surface area contributed by atoms with Crippen molar-refractivity contribution in [2.24, 2.45) is 11.8 Å². The van der Waals surface area contributed by atoms with E-state index in [0.29, 0.717) is 25.9 Å². The summed E-state index contributed by atoms with van der Waals surface area (Å²) in [4.78, 5) is 59.0. The molecule has 10 nitrogen and oxygen atoms in total. The molecule has 4 heterocycles. The molecule has 0 radical (unpaired) electrons. The molecule has 2 fully saturated rings. The molecule has 4 aliphatic rings. The highest BCUT2D eigenvalue weighted by Crippen LogP contribution is 2.53.